The second-order valence-electron chi connectivity index (χ2n) is 6.54. The molecule has 0 atom stereocenters. The van der Waals surface area contributed by atoms with Crippen molar-refractivity contribution < 1.29 is 4.74 Å². The Morgan fingerprint density at radius 2 is 1.96 bits per heavy atom. The van der Waals surface area contributed by atoms with Crippen molar-refractivity contribution >= 4 is 11.6 Å². The standard InChI is InChI=1S/C19H22ClN3O2/c1-19(2,3)23-18(24)17(20)16(12-22-23)25-13-15-9-7-14(8-10-15)6-4-5-11-21/h7-10,12H,5,11,13,21H2,1-3H3. The highest BCUT2D eigenvalue weighted by Gasteiger charge is 2.19. The number of halogens is 1. The molecule has 0 aliphatic carbocycles. The predicted molar refractivity (Wildman–Crippen MR) is 99.8 cm³/mol. The summed E-state index contributed by atoms with van der Waals surface area (Å²) in [6, 6.07) is 7.67. The molecule has 1 aromatic carbocycles. The first-order valence-electron chi connectivity index (χ1n) is 8.02. The summed E-state index contributed by atoms with van der Waals surface area (Å²) in [7, 11) is 0. The lowest BCUT2D eigenvalue weighted by Crippen LogP contribution is -2.36. The van der Waals surface area contributed by atoms with Gasteiger partial charge in [-0.25, -0.2) is 4.68 Å². The van der Waals surface area contributed by atoms with Crippen molar-refractivity contribution in [3.63, 3.8) is 0 Å². The van der Waals surface area contributed by atoms with Crippen LogP contribution < -0.4 is 16.0 Å². The highest BCUT2D eigenvalue weighted by Crippen LogP contribution is 2.21. The number of benzene rings is 1. The topological polar surface area (TPSA) is 70.1 Å². The molecule has 2 rings (SSSR count). The molecule has 0 saturated carbocycles. The van der Waals surface area contributed by atoms with Crippen molar-refractivity contribution in [3.8, 4) is 17.6 Å². The van der Waals surface area contributed by atoms with E-state index in [4.69, 9.17) is 22.1 Å². The van der Waals surface area contributed by atoms with Crippen LogP contribution in [0, 0.1) is 11.8 Å². The first kappa shape index (κ1) is 19.0. The van der Waals surface area contributed by atoms with Gasteiger partial charge in [-0.1, -0.05) is 35.6 Å². The van der Waals surface area contributed by atoms with Gasteiger partial charge in [0.15, 0.2) is 10.8 Å². The van der Waals surface area contributed by atoms with Crippen molar-refractivity contribution in [1.29, 1.82) is 0 Å². The van der Waals surface area contributed by atoms with Gasteiger partial charge in [0.1, 0.15) is 6.61 Å². The lowest BCUT2D eigenvalue weighted by atomic mass is 10.1. The maximum absolute atomic E-state index is 12.3. The summed E-state index contributed by atoms with van der Waals surface area (Å²) < 4.78 is 6.99. The molecule has 132 valence electrons. The Kier molecular flexibility index (Phi) is 6.24. The third kappa shape index (κ3) is 5.09. The van der Waals surface area contributed by atoms with Crippen molar-refractivity contribution in [3.05, 3.63) is 57.0 Å². The molecule has 0 aliphatic heterocycles. The molecule has 0 unspecified atom stereocenters. The van der Waals surface area contributed by atoms with Crippen molar-refractivity contribution in [2.45, 2.75) is 39.3 Å². The fraction of sp³-hybridized carbons (Fsp3) is 0.368. The zero-order valence-electron chi connectivity index (χ0n) is 14.7. The van der Waals surface area contributed by atoms with Crippen LogP contribution >= 0.6 is 11.6 Å². The number of ether oxygens (including phenoxy) is 1. The quantitative estimate of drug-likeness (QED) is 0.852. The molecule has 0 spiro atoms. The lowest BCUT2D eigenvalue weighted by Gasteiger charge is -2.21. The van der Waals surface area contributed by atoms with Gasteiger partial charge in [0.2, 0.25) is 0 Å². The molecule has 1 heterocycles. The highest BCUT2D eigenvalue weighted by atomic mass is 35.5. The van der Waals surface area contributed by atoms with E-state index >= 15 is 0 Å². The molecule has 0 saturated heterocycles. The Hall–Kier alpha value is -2.29. The Morgan fingerprint density at radius 1 is 1.28 bits per heavy atom. The maximum atomic E-state index is 12.3. The maximum Gasteiger partial charge on any atom is 0.289 e. The molecule has 0 bridgehead atoms. The summed E-state index contributed by atoms with van der Waals surface area (Å²) in [5.41, 5.74) is 6.47. The molecule has 0 amide bonds. The second-order valence-corrected chi connectivity index (χ2v) is 6.91. The number of nitrogens with zero attached hydrogens (tertiary/aromatic N) is 2. The number of nitrogens with two attached hydrogens (primary N) is 1. The molecule has 5 nitrogen and oxygen atoms in total. The Labute approximate surface area is 152 Å². The molecule has 0 aliphatic rings. The van der Waals surface area contributed by atoms with Gasteiger partial charge < -0.3 is 10.5 Å². The van der Waals surface area contributed by atoms with Crippen molar-refractivity contribution in [2.24, 2.45) is 5.73 Å². The fourth-order valence-corrected chi connectivity index (χ4v) is 2.26. The molecule has 1 aromatic heterocycles. The summed E-state index contributed by atoms with van der Waals surface area (Å²) in [6.07, 6.45) is 2.15. The van der Waals surface area contributed by atoms with E-state index in [9.17, 15) is 4.79 Å². The molecule has 0 radical (unpaired) electrons. The van der Waals surface area contributed by atoms with Gasteiger partial charge >= 0.3 is 0 Å². The van der Waals surface area contributed by atoms with Crippen LogP contribution in [0.5, 0.6) is 5.75 Å². The van der Waals surface area contributed by atoms with Crippen LogP contribution in [0.1, 0.15) is 38.3 Å². The zero-order chi connectivity index (χ0) is 18.4. The lowest BCUT2D eigenvalue weighted by molar-refractivity contribution is 0.292. The summed E-state index contributed by atoms with van der Waals surface area (Å²) >= 11 is 6.14. The number of hydrogen-bond donors (Lipinski definition) is 1. The number of aromatic nitrogens is 2. The van der Waals surface area contributed by atoms with Crippen LogP contribution in [-0.2, 0) is 12.1 Å². The van der Waals surface area contributed by atoms with Crippen LogP contribution in [0.25, 0.3) is 0 Å². The van der Waals surface area contributed by atoms with E-state index < -0.39 is 5.54 Å². The van der Waals surface area contributed by atoms with Crippen molar-refractivity contribution in [2.75, 3.05) is 6.54 Å². The van der Waals surface area contributed by atoms with Crippen LogP contribution in [0.2, 0.25) is 5.02 Å². The van der Waals surface area contributed by atoms with Crippen molar-refractivity contribution in [1.82, 2.24) is 9.78 Å². The van der Waals surface area contributed by atoms with Gasteiger partial charge in [0.05, 0.1) is 11.7 Å². The van der Waals surface area contributed by atoms with Gasteiger partial charge in [-0.2, -0.15) is 5.10 Å². The van der Waals surface area contributed by atoms with E-state index in [0.29, 0.717) is 13.0 Å². The molecular formula is C19H22ClN3O2. The van der Waals surface area contributed by atoms with E-state index in [0.717, 1.165) is 11.1 Å². The number of hydrogen-bond acceptors (Lipinski definition) is 4. The normalized spacial score (nSPS) is 10.9. The molecule has 2 N–H and O–H groups in total. The first-order chi connectivity index (χ1) is 11.8. The van der Waals surface area contributed by atoms with Crippen LogP contribution in [-0.4, -0.2) is 16.3 Å². The predicted octanol–water partition coefficient (Wildman–Crippen LogP) is 2.93. The van der Waals surface area contributed by atoms with E-state index in [1.165, 1.54) is 10.9 Å². The average Bonchev–Trinajstić information content (AvgIpc) is 2.56. The summed E-state index contributed by atoms with van der Waals surface area (Å²) in [5, 5.41) is 4.18. The van der Waals surface area contributed by atoms with Gasteiger partial charge in [0, 0.05) is 18.5 Å². The van der Waals surface area contributed by atoms with Gasteiger partial charge in [-0.3, -0.25) is 4.79 Å². The summed E-state index contributed by atoms with van der Waals surface area (Å²) in [4.78, 5) is 12.3. The van der Waals surface area contributed by atoms with E-state index in [1.807, 2.05) is 45.0 Å². The Morgan fingerprint density at radius 3 is 2.56 bits per heavy atom. The summed E-state index contributed by atoms with van der Waals surface area (Å²) in [5.74, 6) is 6.31. The molecule has 2 aromatic rings. The first-order valence-corrected chi connectivity index (χ1v) is 8.39. The van der Waals surface area contributed by atoms with Crippen LogP contribution in [0.4, 0.5) is 0 Å². The second kappa shape index (κ2) is 8.19. The third-order valence-electron chi connectivity index (χ3n) is 3.37. The highest BCUT2D eigenvalue weighted by molar-refractivity contribution is 6.31. The Bertz CT molecular complexity index is 840. The van der Waals surface area contributed by atoms with E-state index in [-0.39, 0.29) is 22.9 Å². The minimum Gasteiger partial charge on any atom is -0.485 e. The average molecular weight is 360 g/mol. The third-order valence-corrected chi connectivity index (χ3v) is 3.72. The SMILES string of the molecule is CC(C)(C)n1ncc(OCc2ccc(C#CCCN)cc2)c(Cl)c1=O. The Balaban J connectivity index is 2.08. The summed E-state index contributed by atoms with van der Waals surface area (Å²) in [6.45, 7) is 6.50. The molecule has 0 fully saturated rings. The largest absolute Gasteiger partial charge is 0.485 e. The van der Waals surface area contributed by atoms with E-state index in [1.54, 1.807) is 0 Å². The monoisotopic (exact) mass is 359 g/mol. The minimum absolute atomic E-state index is 0.0363. The van der Waals surface area contributed by atoms with E-state index in [2.05, 4.69) is 16.9 Å². The molecule has 25 heavy (non-hydrogen) atoms. The number of rotatable bonds is 4. The van der Waals surface area contributed by atoms with Gasteiger partial charge in [-0.15, -0.1) is 0 Å². The minimum atomic E-state index is -0.444. The molecule has 6 heteroatoms. The fourth-order valence-electron chi connectivity index (χ4n) is 2.08. The van der Waals surface area contributed by atoms with Crippen LogP contribution in [0.3, 0.4) is 0 Å². The zero-order valence-corrected chi connectivity index (χ0v) is 15.4. The van der Waals surface area contributed by atoms with Gasteiger partial charge in [-0.05, 0) is 38.5 Å². The van der Waals surface area contributed by atoms with Gasteiger partial charge in [0.25, 0.3) is 5.56 Å². The molecular weight excluding hydrogens is 338 g/mol. The smallest absolute Gasteiger partial charge is 0.289 e. The van der Waals surface area contributed by atoms with Crippen LogP contribution in [0.15, 0.2) is 35.3 Å².